The molecule has 13 heteroatoms. The topological polar surface area (TPSA) is 94.6 Å². The molecule has 1 heterocycles. The number of halogens is 5. The molecule has 0 atom stereocenters. The lowest BCUT2D eigenvalue weighted by atomic mass is 10.2. The monoisotopic (exact) mass is 472 g/mol. The van der Waals surface area contributed by atoms with Crippen molar-refractivity contribution in [3.63, 3.8) is 0 Å². The minimum atomic E-state index is -3.90. The Kier molecular flexibility index (Phi) is 7.55. The maximum absolute atomic E-state index is 14.2. The third-order valence-corrected chi connectivity index (χ3v) is 4.30. The van der Waals surface area contributed by atoms with Crippen molar-refractivity contribution >= 4 is 39.1 Å². The van der Waals surface area contributed by atoms with Gasteiger partial charge in [0.2, 0.25) is 15.9 Å². The average Bonchev–Trinajstić information content (AvgIpc) is 2.62. The predicted octanol–water partition coefficient (Wildman–Crippen LogP) is 3.70. The van der Waals surface area contributed by atoms with E-state index in [1.165, 1.54) is 6.07 Å². The number of carbonyl (C=O) groups excluding carboxylic acids is 1. The quantitative estimate of drug-likeness (QED) is 0.629. The van der Waals surface area contributed by atoms with E-state index in [-0.39, 0.29) is 27.4 Å². The highest BCUT2D eigenvalue weighted by molar-refractivity contribution is 7.89. The van der Waals surface area contributed by atoms with E-state index in [4.69, 9.17) is 32.7 Å². The van der Waals surface area contributed by atoms with E-state index in [0.29, 0.717) is 0 Å². The number of aromatic nitrogens is 1. The Bertz CT molecular complexity index is 1020. The van der Waals surface area contributed by atoms with Crippen molar-refractivity contribution in [1.82, 2.24) is 9.71 Å². The zero-order chi connectivity index (χ0) is 21.8. The van der Waals surface area contributed by atoms with Gasteiger partial charge in [0.25, 0.3) is 5.91 Å². The van der Waals surface area contributed by atoms with Crippen molar-refractivity contribution in [2.24, 2.45) is 0 Å². The van der Waals surface area contributed by atoms with Gasteiger partial charge in [0.15, 0.2) is 6.10 Å². The molecule has 1 aromatic heterocycles. The second kappa shape index (κ2) is 9.51. The predicted molar refractivity (Wildman–Crippen MR) is 99.4 cm³/mol. The van der Waals surface area contributed by atoms with Crippen LogP contribution in [0.25, 0.3) is 0 Å². The van der Waals surface area contributed by atoms with Crippen LogP contribution in [0.5, 0.6) is 17.4 Å². The van der Waals surface area contributed by atoms with Crippen LogP contribution < -0.4 is 14.2 Å². The van der Waals surface area contributed by atoms with Crippen molar-refractivity contribution in [2.75, 3.05) is 19.6 Å². The standard InChI is InChI=1S/C16H13Cl2F3N2O5S/c1-29(25,26)23-15(24)10-3-11(17)14(4-13(10)21)27-8-2-12(18)16(22-7-8)28-9(5-19)6-20/h2-4,7,9H,5-6H2,1H3,(H,23,24). The number of pyridine rings is 1. The third-order valence-electron chi connectivity index (χ3n) is 3.18. The van der Waals surface area contributed by atoms with Gasteiger partial charge in [0.1, 0.15) is 35.7 Å². The summed E-state index contributed by atoms with van der Waals surface area (Å²) in [5.41, 5.74) is -0.615. The molecule has 1 N–H and O–H groups in total. The number of amides is 1. The van der Waals surface area contributed by atoms with Gasteiger partial charge in [0.05, 0.1) is 23.0 Å². The van der Waals surface area contributed by atoms with Crippen molar-refractivity contribution in [3.05, 3.63) is 45.8 Å². The second-order valence-corrected chi connectivity index (χ2v) is 8.14. The number of ether oxygens (including phenoxy) is 2. The number of hydrogen-bond acceptors (Lipinski definition) is 6. The summed E-state index contributed by atoms with van der Waals surface area (Å²) in [7, 11) is -3.90. The van der Waals surface area contributed by atoms with Gasteiger partial charge in [-0.05, 0) is 6.07 Å². The molecule has 0 saturated heterocycles. The summed E-state index contributed by atoms with van der Waals surface area (Å²) in [6.45, 7) is -2.16. The van der Waals surface area contributed by atoms with E-state index in [1.807, 2.05) is 0 Å². The van der Waals surface area contributed by atoms with Crippen LogP contribution in [0, 0.1) is 5.82 Å². The average molecular weight is 473 g/mol. The fourth-order valence-corrected chi connectivity index (χ4v) is 2.79. The first-order valence-electron chi connectivity index (χ1n) is 7.67. The van der Waals surface area contributed by atoms with Gasteiger partial charge in [-0.1, -0.05) is 23.2 Å². The van der Waals surface area contributed by atoms with E-state index in [0.717, 1.165) is 24.6 Å². The number of nitrogens with zero attached hydrogens (tertiary/aromatic N) is 1. The minimum Gasteiger partial charge on any atom is -0.468 e. The number of sulfonamides is 1. The molecule has 0 fully saturated rings. The maximum atomic E-state index is 14.2. The molecular weight excluding hydrogens is 460 g/mol. The van der Waals surface area contributed by atoms with Crippen LogP contribution in [0.3, 0.4) is 0 Å². The van der Waals surface area contributed by atoms with E-state index in [9.17, 15) is 26.4 Å². The maximum Gasteiger partial charge on any atom is 0.267 e. The normalized spacial score (nSPS) is 11.4. The molecule has 7 nitrogen and oxygen atoms in total. The summed E-state index contributed by atoms with van der Waals surface area (Å²) in [5.74, 6) is -2.78. The molecule has 29 heavy (non-hydrogen) atoms. The number of nitrogens with one attached hydrogen (secondary N) is 1. The molecule has 0 aliphatic rings. The van der Waals surface area contributed by atoms with E-state index >= 15 is 0 Å². The Balaban J connectivity index is 2.23. The minimum absolute atomic E-state index is 0.0194. The molecule has 0 unspecified atom stereocenters. The van der Waals surface area contributed by atoms with Crippen molar-refractivity contribution in [3.8, 4) is 17.4 Å². The summed E-state index contributed by atoms with van der Waals surface area (Å²) in [5, 5.41) is -0.341. The summed E-state index contributed by atoms with van der Waals surface area (Å²) < 4.78 is 73.4. The zero-order valence-electron chi connectivity index (χ0n) is 14.6. The number of hydrogen-bond donors (Lipinski definition) is 1. The summed E-state index contributed by atoms with van der Waals surface area (Å²) in [4.78, 5) is 15.6. The SMILES string of the molecule is CS(=O)(=O)NC(=O)c1cc(Cl)c(Oc2cnc(OC(CF)CF)c(Cl)c2)cc1F. The smallest absolute Gasteiger partial charge is 0.267 e. The first-order chi connectivity index (χ1) is 13.5. The fourth-order valence-electron chi connectivity index (χ4n) is 1.94. The Labute approximate surface area is 173 Å². The number of rotatable bonds is 8. The van der Waals surface area contributed by atoms with E-state index < -0.39 is 46.8 Å². The molecule has 0 bridgehead atoms. The zero-order valence-corrected chi connectivity index (χ0v) is 16.9. The molecule has 1 aromatic carbocycles. The first kappa shape index (κ1) is 23.0. The van der Waals surface area contributed by atoms with E-state index in [1.54, 1.807) is 4.72 Å². The molecule has 1 amide bonds. The first-order valence-corrected chi connectivity index (χ1v) is 10.3. The van der Waals surface area contributed by atoms with Crippen molar-refractivity contribution in [2.45, 2.75) is 6.10 Å². The van der Waals surface area contributed by atoms with Crippen LogP contribution in [0.15, 0.2) is 24.4 Å². The number of alkyl halides is 2. The van der Waals surface area contributed by atoms with Gasteiger partial charge in [0, 0.05) is 12.1 Å². The highest BCUT2D eigenvalue weighted by Gasteiger charge is 2.20. The van der Waals surface area contributed by atoms with Crippen molar-refractivity contribution < 1.29 is 35.9 Å². The van der Waals surface area contributed by atoms with Crippen LogP contribution in [0.4, 0.5) is 13.2 Å². The molecule has 0 radical (unpaired) electrons. The highest BCUT2D eigenvalue weighted by atomic mass is 35.5. The molecule has 0 aliphatic carbocycles. The van der Waals surface area contributed by atoms with Gasteiger partial charge in [-0.25, -0.2) is 31.3 Å². The molecule has 0 spiro atoms. The fraction of sp³-hybridized carbons (Fsp3) is 0.250. The Morgan fingerprint density at radius 1 is 1.21 bits per heavy atom. The Morgan fingerprint density at radius 2 is 1.86 bits per heavy atom. The second-order valence-electron chi connectivity index (χ2n) is 5.57. The lowest BCUT2D eigenvalue weighted by molar-refractivity contribution is 0.0977. The summed E-state index contributed by atoms with van der Waals surface area (Å²) >= 11 is 11.9. The van der Waals surface area contributed by atoms with Crippen LogP contribution >= 0.6 is 23.2 Å². The molecule has 2 rings (SSSR count). The van der Waals surface area contributed by atoms with Crippen molar-refractivity contribution in [1.29, 1.82) is 0 Å². The largest absolute Gasteiger partial charge is 0.468 e. The Hall–Kier alpha value is -2.24. The molecule has 0 saturated carbocycles. The summed E-state index contributed by atoms with van der Waals surface area (Å²) in [6, 6.07) is 2.84. The van der Waals surface area contributed by atoms with E-state index in [2.05, 4.69) is 4.98 Å². The van der Waals surface area contributed by atoms with Gasteiger partial charge >= 0.3 is 0 Å². The number of benzene rings is 1. The lowest BCUT2D eigenvalue weighted by Crippen LogP contribution is -2.30. The molecular formula is C16H13Cl2F3N2O5S. The molecule has 0 aliphatic heterocycles. The van der Waals surface area contributed by atoms with Gasteiger partial charge < -0.3 is 9.47 Å². The molecule has 2 aromatic rings. The van der Waals surface area contributed by atoms with Gasteiger partial charge in [-0.15, -0.1) is 0 Å². The highest BCUT2D eigenvalue weighted by Crippen LogP contribution is 2.34. The van der Waals surface area contributed by atoms with Crippen LogP contribution in [0.1, 0.15) is 10.4 Å². The number of carbonyl (C=O) groups is 1. The van der Waals surface area contributed by atoms with Crippen LogP contribution in [-0.2, 0) is 10.0 Å². The lowest BCUT2D eigenvalue weighted by Gasteiger charge is -2.14. The van der Waals surface area contributed by atoms with Crippen LogP contribution in [0.2, 0.25) is 10.0 Å². The van der Waals surface area contributed by atoms with Crippen LogP contribution in [-0.4, -0.2) is 45.0 Å². The van der Waals surface area contributed by atoms with Gasteiger partial charge in [-0.2, -0.15) is 0 Å². The Morgan fingerprint density at radius 3 is 2.41 bits per heavy atom. The van der Waals surface area contributed by atoms with Gasteiger partial charge in [-0.3, -0.25) is 4.79 Å². The summed E-state index contributed by atoms with van der Waals surface area (Å²) in [6.07, 6.45) is 0.462. The molecule has 158 valence electrons. The third kappa shape index (κ3) is 6.38.